The third kappa shape index (κ3) is 3.53. The number of hydrogen-bond acceptors (Lipinski definition) is 7. The van der Waals surface area contributed by atoms with Crippen LogP contribution >= 0.6 is 0 Å². The number of halogens is 3. The smallest absolute Gasteiger partial charge is 0.459 e. The van der Waals surface area contributed by atoms with Gasteiger partial charge in [-0.25, -0.2) is 9.48 Å². The van der Waals surface area contributed by atoms with Gasteiger partial charge in [-0.15, -0.1) is 5.10 Å². The van der Waals surface area contributed by atoms with Crippen LogP contribution < -0.4 is 5.32 Å². The van der Waals surface area contributed by atoms with Gasteiger partial charge in [-0.1, -0.05) is 5.21 Å². The lowest BCUT2D eigenvalue weighted by atomic mass is 10.2. The van der Waals surface area contributed by atoms with Crippen molar-refractivity contribution in [1.82, 2.24) is 20.3 Å². The van der Waals surface area contributed by atoms with Gasteiger partial charge in [0.25, 0.3) is 0 Å². The van der Waals surface area contributed by atoms with Crippen molar-refractivity contribution in [3.8, 4) is 0 Å². The third-order valence-electron chi connectivity index (χ3n) is 2.85. The second kappa shape index (κ2) is 5.91. The molecule has 0 radical (unpaired) electrons. The maximum atomic E-state index is 12.3. The molecule has 0 aromatic carbocycles. The Morgan fingerprint density at radius 2 is 2.14 bits per heavy atom. The highest BCUT2D eigenvalue weighted by atomic mass is 19.4. The Balaban J connectivity index is 2.24. The Morgan fingerprint density at radius 3 is 2.73 bits per heavy atom. The number of aromatic nitrogens is 3. The molecule has 1 aliphatic heterocycles. The van der Waals surface area contributed by atoms with Crippen LogP contribution in [0.4, 0.5) is 13.2 Å². The molecule has 0 bridgehead atoms. The van der Waals surface area contributed by atoms with Crippen LogP contribution in [0.15, 0.2) is 0 Å². The number of carbonyl (C=O) groups is 2. The van der Waals surface area contributed by atoms with Crippen LogP contribution in [0, 0.1) is 0 Å². The van der Waals surface area contributed by atoms with Gasteiger partial charge in [0.2, 0.25) is 0 Å². The van der Waals surface area contributed by atoms with E-state index in [0.29, 0.717) is 6.54 Å². The maximum Gasteiger partial charge on any atom is 0.490 e. The molecule has 2 heterocycles. The highest BCUT2D eigenvalue weighted by Crippen LogP contribution is 2.27. The number of nitrogens with zero attached hydrogens (tertiary/aromatic N) is 3. The lowest BCUT2D eigenvalue weighted by Crippen LogP contribution is -2.44. The van der Waals surface area contributed by atoms with E-state index in [2.05, 4.69) is 20.4 Å². The molecule has 0 saturated carbocycles. The van der Waals surface area contributed by atoms with Crippen molar-refractivity contribution in [2.24, 2.45) is 0 Å². The Hall–Kier alpha value is -2.17. The molecule has 0 saturated heterocycles. The van der Waals surface area contributed by atoms with Crippen molar-refractivity contribution >= 4 is 11.9 Å². The highest BCUT2D eigenvalue weighted by Gasteiger charge is 2.44. The molecular formula is C11H13F3N4O4. The molecule has 1 aliphatic rings. The first-order chi connectivity index (χ1) is 10.2. The molecule has 2 atom stereocenters. The van der Waals surface area contributed by atoms with E-state index in [1.165, 1.54) is 11.6 Å². The van der Waals surface area contributed by atoms with Gasteiger partial charge in [0.1, 0.15) is 18.0 Å². The molecule has 0 amide bonds. The van der Waals surface area contributed by atoms with Crippen LogP contribution in [0.1, 0.15) is 31.5 Å². The number of rotatable bonds is 3. The average Bonchev–Trinajstić information content (AvgIpc) is 2.78. The fourth-order valence-electron chi connectivity index (χ4n) is 1.96. The van der Waals surface area contributed by atoms with Crippen molar-refractivity contribution in [3.05, 3.63) is 11.4 Å². The van der Waals surface area contributed by atoms with Crippen molar-refractivity contribution in [2.45, 2.75) is 45.4 Å². The number of alkyl halides is 3. The molecule has 0 spiro atoms. The summed E-state index contributed by atoms with van der Waals surface area (Å²) in [6.07, 6.45) is -6.49. The van der Waals surface area contributed by atoms with E-state index in [4.69, 9.17) is 4.74 Å². The Kier molecular flexibility index (Phi) is 4.35. The largest absolute Gasteiger partial charge is 0.490 e. The summed E-state index contributed by atoms with van der Waals surface area (Å²) in [6.45, 7) is 2.91. The molecule has 8 nitrogen and oxygen atoms in total. The van der Waals surface area contributed by atoms with Crippen molar-refractivity contribution in [2.75, 3.05) is 0 Å². The molecular weight excluding hydrogens is 309 g/mol. The zero-order valence-electron chi connectivity index (χ0n) is 11.7. The predicted molar refractivity (Wildman–Crippen MR) is 63.0 cm³/mol. The molecule has 1 N–H and O–H groups in total. The summed E-state index contributed by atoms with van der Waals surface area (Å²) in [5, 5.41) is 10.2. The molecule has 1 aromatic rings. The minimum absolute atomic E-state index is 0.120. The van der Waals surface area contributed by atoms with Crippen molar-refractivity contribution in [1.29, 1.82) is 0 Å². The van der Waals surface area contributed by atoms with E-state index in [-0.39, 0.29) is 24.0 Å². The third-order valence-corrected chi connectivity index (χ3v) is 2.85. The predicted octanol–water partition coefficient (Wildman–Crippen LogP) is 0.437. The summed E-state index contributed by atoms with van der Waals surface area (Å²) in [5.41, 5.74) is 0.242. The number of ether oxygens (including phenoxy) is 2. The van der Waals surface area contributed by atoms with Crippen LogP contribution in [-0.4, -0.2) is 39.2 Å². The first kappa shape index (κ1) is 16.2. The van der Waals surface area contributed by atoms with Crippen LogP contribution in [0.25, 0.3) is 0 Å². The molecule has 1 unspecified atom stereocenters. The number of hydrogen-bond donors (Lipinski definition) is 1. The van der Waals surface area contributed by atoms with E-state index < -0.39 is 24.3 Å². The summed E-state index contributed by atoms with van der Waals surface area (Å²) in [7, 11) is 0. The summed E-state index contributed by atoms with van der Waals surface area (Å²) in [6, 6.07) is -0.290. The van der Waals surface area contributed by atoms with E-state index in [1.54, 1.807) is 6.92 Å². The van der Waals surface area contributed by atoms with Crippen LogP contribution in [0.5, 0.6) is 0 Å². The van der Waals surface area contributed by atoms with Crippen LogP contribution in [-0.2, 0) is 32.2 Å². The summed E-state index contributed by atoms with van der Waals surface area (Å²) in [4.78, 5) is 21.8. The number of esters is 2. The van der Waals surface area contributed by atoms with Gasteiger partial charge in [0, 0.05) is 13.0 Å². The SMILES string of the molecule is CC(=O)OCc1nnn2c1C(OC(=O)C(F)(F)F)N[C@@H](C)C2. The van der Waals surface area contributed by atoms with Crippen molar-refractivity contribution in [3.63, 3.8) is 0 Å². The second-order valence-corrected chi connectivity index (χ2v) is 4.73. The second-order valence-electron chi connectivity index (χ2n) is 4.73. The monoisotopic (exact) mass is 322 g/mol. The van der Waals surface area contributed by atoms with Gasteiger partial charge in [-0.2, -0.15) is 13.2 Å². The van der Waals surface area contributed by atoms with E-state index >= 15 is 0 Å². The fourth-order valence-corrected chi connectivity index (χ4v) is 1.96. The van der Waals surface area contributed by atoms with Gasteiger partial charge in [0.05, 0.1) is 6.54 Å². The molecule has 1 aromatic heterocycles. The first-order valence-corrected chi connectivity index (χ1v) is 6.28. The van der Waals surface area contributed by atoms with Gasteiger partial charge >= 0.3 is 18.1 Å². The molecule has 22 heavy (non-hydrogen) atoms. The maximum absolute atomic E-state index is 12.3. The zero-order chi connectivity index (χ0) is 16.5. The van der Waals surface area contributed by atoms with Gasteiger partial charge in [0.15, 0.2) is 6.23 Å². The Labute approximate surface area is 122 Å². The number of fused-ring (bicyclic) bond motifs is 1. The summed E-state index contributed by atoms with van der Waals surface area (Å²) < 4.78 is 47.6. The standard InChI is InChI=1S/C11H13F3N4O4/c1-5-3-18-8(7(16-17-18)4-21-6(2)19)9(15-5)22-10(20)11(12,13)14/h5,9,15H,3-4H2,1-2H3/t5-,9?/m0/s1. The lowest BCUT2D eigenvalue weighted by Gasteiger charge is -2.29. The molecule has 122 valence electrons. The van der Waals surface area contributed by atoms with Crippen LogP contribution in [0.2, 0.25) is 0 Å². The van der Waals surface area contributed by atoms with E-state index in [9.17, 15) is 22.8 Å². The number of nitrogens with one attached hydrogen (secondary N) is 1. The van der Waals surface area contributed by atoms with Gasteiger partial charge in [-0.3, -0.25) is 10.1 Å². The van der Waals surface area contributed by atoms with Gasteiger partial charge < -0.3 is 9.47 Å². The zero-order valence-corrected chi connectivity index (χ0v) is 11.7. The Morgan fingerprint density at radius 1 is 1.45 bits per heavy atom. The summed E-state index contributed by atoms with van der Waals surface area (Å²) in [5.74, 6) is -2.91. The molecule has 0 fully saturated rings. The minimum atomic E-state index is -5.11. The molecule has 2 rings (SSSR count). The first-order valence-electron chi connectivity index (χ1n) is 6.28. The quantitative estimate of drug-likeness (QED) is 0.807. The van der Waals surface area contributed by atoms with E-state index in [1.807, 2.05) is 0 Å². The fraction of sp³-hybridized carbons (Fsp3) is 0.636. The summed E-state index contributed by atoms with van der Waals surface area (Å²) >= 11 is 0. The van der Waals surface area contributed by atoms with Crippen molar-refractivity contribution < 1.29 is 32.2 Å². The Bertz CT molecular complexity index is 586. The topological polar surface area (TPSA) is 95.3 Å². The lowest BCUT2D eigenvalue weighted by molar-refractivity contribution is -0.208. The normalized spacial score (nSPS) is 21.1. The van der Waals surface area contributed by atoms with Gasteiger partial charge in [-0.05, 0) is 6.92 Å². The minimum Gasteiger partial charge on any atom is -0.459 e. The van der Waals surface area contributed by atoms with E-state index in [0.717, 1.165) is 0 Å². The average molecular weight is 322 g/mol. The van der Waals surface area contributed by atoms with Crippen LogP contribution in [0.3, 0.4) is 0 Å². The number of carbonyl (C=O) groups excluding carboxylic acids is 2. The highest BCUT2D eigenvalue weighted by molar-refractivity contribution is 5.75. The molecule has 11 heteroatoms. The molecule has 0 aliphatic carbocycles.